The average molecular weight is 311 g/mol. The minimum absolute atomic E-state index is 0.0697. The molecule has 0 aliphatic carbocycles. The molecular formula is C11H13N5O4S. The van der Waals surface area contributed by atoms with Gasteiger partial charge in [0, 0.05) is 24.5 Å². The van der Waals surface area contributed by atoms with Gasteiger partial charge in [0.15, 0.2) is 0 Å². The van der Waals surface area contributed by atoms with E-state index in [0.717, 1.165) is 12.1 Å². The van der Waals surface area contributed by atoms with Crippen molar-refractivity contribution < 1.29 is 13.3 Å². The number of nitrogens with zero attached hydrogens (tertiary/aromatic N) is 2. The lowest BCUT2D eigenvalue weighted by molar-refractivity contribution is -0.385. The first-order chi connectivity index (χ1) is 9.81. The van der Waals surface area contributed by atoms with Crippen molar-refractivity contribution in [2.24, 2.45) is 0 Å². The van der Waals surface area contributed by atoms with E-state index in [9.17, 15) is 18.5 Å². The number of nitro groups is 1. The molecule has 0 aliphatic rings. The van der Waals surface area contributed by atoms with E-state index < -0.39 is 21.0 Å². The summed E-state index contributed by atoms with van der Waals surface area (Å²) < 4.78 is 26.9. The van der Waals surface area contributed by atoms with Crippen molar-refractivity contribution in [3.05, 3.63) is 46.5 Å². The number of nitrogens with two attached hydrogens (primary N) is 1. The predicted octanol–water partition coefficient (Wildman–Crippen LogP) is 0.940. The van der Waals surface area contributed by atoms with E-state index in [4.69, 9.17) is 5.73 Å². The van der Waals surface area contributed by atoms with Gasteiger partial charge in [-0.1, -0.05) is 0 Å². The Morgan fingerprint density at radius 2 is 2.19 bits per heavy atom. The second kappa shape index (κ2) is 5.50. The molecule has 0 saturated heterocycles. The summed E-state index contributed by atoms with van der Waals surface area (Å²) in [6.07, 6.45) is 3.05. The Hall–Kier alpha value is -2.46. The second-order valence-electron chi connectivity index (χ2n) is 4.30. The van der Waals surface area contributed by atoms with Crippen molar-refractivity contribution in [2.75, 3.05) is 5.73 Å². The summed E-state index contributed by atoms with van der Waals surface area (Å²) in [6, 6.07) is 2.62. The van der Waals surface area contributed by atoms with Crippen LogP contribution in [-0.2, 0) is 10.0 Å². The largest absolute Gasteiger partial charge is 0.398 e. The van der Waals surface area contributed by atoms with Crippen LogP contribution in [0.1, 0.15) is 18.8 Å². The van der Waals surface area contributed by atoms with Gasteiger partial charge in [-0.3, -0.25) is 10.1 Å². The lowest BCUT2D eigenvalue weighted by atomic mass is 10.3. The maximum atomic E-state index is 12.3. The van der Waals surface area contributed by atoms with E-state index in [2.05, 4.69) is 14.7 Å². The quantitative estimate of drug-likeness (QED) is 0.426. The minimum atomic E-state index is -4.01. The van der Waals surface area contributed by atoms with Gasteiger partial charge in [0.25, 0.3) is 5.69 Å². The van der Waals surface area contributed by atoms with Gasteiger partial charge < -0.3 is 10.7 Å². The molecule has 0 aliphatic heterocycles. The molecule has 4 N–H and O–H groups in total. The summed E-state index contributed by atoms with van der Waals surface area (Å²) in [5, 5.41) is 10.7. The van der Waals surface area contributed by atoms with Crippen LogP contribution in [-0.4, -0.2) is 23.3 Å². The Morgan fingerprint density at radius 1 is 1.48 bits per heavy atom. The molecule has 0 saturated carbocycles. The molecule has 1 aromatic carbocycles. The molecule has 0 radical (unpaired) electrons. The number of hydrogen-bond donors (Lipinski definition) is 3. The highest BCUT2D eigenvalue weighted by molar-refractivity contribution is 7.89. The van der Waals surface area contributed by atoms with Crippen LogP contribution in [0, 0.1) is 10.1 Å². The number of nitro benzene ring substituents is 1. The fourth-order valence-corrected chi connectivity index (χ4v) is 3.09. The number of nitrogens with one attached hydrogen (secondary N) is 2. The Labute approximate surface area is 120 Å². The molecule has 0 amide bonds. The average Bonchev–Trinajstić information content (AvgIpc) is 2.92. The molecule has 0 fully saturated rings. The summed E-state index contributed by atoms with van der Waals surface area (Å²) in [7, 11) is -4.01. The number of nitrogen functional groups attached to an aromatic ring is 1. The van der Waals surface area contributed by atoms with Crippen molar-refractivity contribution in [1.29, 1.82) is 0 Å². The number of aromatic amines is 1. The first-order valence-electron chi connectivity index (χ1n) is 5.87. The van der Waals surface area contributed by atoms with Gasteiger partial charge >= 0.3 is 0 Å². The monoisotopic (exact) mass is 311 g/mol. The zero-order valence-electron chi connectivity index (χ0n) is 11.0. The van der Waals surface area contributed by atoms with Crippen molar-refractivity contribution in [3.8, 4) is 0 Å². The standard InChI is InChI=1S/C11H13N5O4S/c1-7(11-13-4-5-14-11)15-21(19,20)10-6-8(16(17)18)2-3-9(10)12/h2-7,15H,12H2,1H3,(H,13,14). The molecule has 1 aromatic heterocycles. The fourth-order valence-electron chi connectivity index (χ4n) is 1.74. The normalized spacial score (nSPS) is 13.0. The van der Waals surface area contributed by atoms with Gasteiger partial charge in [0.2, 0.25) is 10.0 Å². The van der Waals surface area contributed by atoms with Crippen molar-refractivity contribution in [1.82, 2.24) is 14.7 Å². The van der Waals surface area contributed by atoms with Crippen LogP contribution in [0.4, 0.5) is 11.4 Å². The summed E-state index contributed by atoms with van der Waals surface area (Å²) in [5.74, 6) is 0.419. The summed E-state index contributed by atoms with van der Waals surface area (Å²) in [4.78, 5) is 16.4. The highest BCUT2D eigenvalue weighted by Crippen LogP contribution is 2.25. The number of aromatic nitrogens is 2. The van der Waals surface area contributed by atoms with Crippen molar-refractivity contribution in [3.63, 3.8) is 0 Å². The van der Waals surface area contributed by atoms with E-state index in [1.807, 2.05) is 0 Å². The van der Waals surface area contributed by atoms with Gasteiger partial charge in [-0.05, 0) is 13.0 Å². The first-order valence-corrected chi connectivity index (χ1v) is 7.35. The van der Waals surface area contributed by atoms with E-state index >= 15 is 0 Å². The number of H-pyrrole nitrogens is 1. The van der Waals surface area contributed by atoms with Crippen LogP contribution in [0.25, 0.3) is 0 Å². The van der Waals surface area contributed by atoms with Crippen LogP contribution >= 0.6 is 0 Å². The number of anilines is 1. The highest BCUT2D eigenvalue weighted by atomic mass is 32.2. The van der Waals surface area contributed by atoms with Crippen LogP contribution in [0.15, 0.2) is 35.5 Å². The fraction of sp³-hybridized carbons (Fsp3) is 0.182. The molecule has 112 valence electrons. The predicted molar refractivity (Wildman–Crippen MR) is 74.8 cm³/mol. The molecular weight excluding hydrogens is 298 g/mol. The van der Waals surface area contributed by atoms with Crippen molar-refractivity contribution in [2.45, 2.75) is 17.9 Å². The number of benzene rings is 1. The van der Waals surface area contributed by atoms with Crippen LogP contribution < -0.4 is 10.5 Å². The third kappa shape index (κ3) is 3.17. The molecule has 2 aromatic rings. The SMILES string of the molecule is CC(NS(=O)(=O)c1cc([N+](=O)[O-])ccc1N)c1ncc[nH]1. The third-order valence-electron chi connectivity index (χ3n) is 2.76. The summed E-state index contributed by atoms with van der Waals surface area (Å²) >= 11 is 0. The highest BCUT2D eigenvalue weighted by Gasteiger charge is 2.24. The molecule has 1 atom stereocenters. The van der Waals surface area contributed by atoms with Gasteiger partial charge in [-0.2, -0.15) is 0 Å². The van der Waals surface area contributed by atoms with Gasteiger partial charge in [-0.15, -0.1) is 0 Å². The Balaban J connectivity index is 2.35. The lowest BCUT2D eigenvalue weighted by Gasteiger charge is -2.13. The summed E-state index contributed by atoms with van der Waals surface area (Å²) in [5.41, 5.74) is 5.18. The smallest absolute Gasteiger partial charge is 0.270 e. The molecule has 9 nitrogen and oxygen atoms in total. The Kier molecular flexibility index (Phi) is 3.91. The van der Waals surface area contributed by atoms with Crippen molar-refractivity contribution >= 4 is 21.4 Å². The zero-order valence-corrected chi connectivity index (χ0v) is 11.8. The molecule has 1 heterocycles. The van der Waals surface area contributed by atoms with Crippen LogP contribution in [0.5, 0.6) is 0 Å². The van der Waals surface area contributed by atoms with E-state index in [1.54, 1.807) is 13.1 Å². The number of hydrogen-bond acceptors (Lipinski definition) is 6. The molecule has 0 spiro atoms. The molecule has 21 heavy (non-hydrogen) atoms. The van der Waals surface area contributed by atoms with Crippen LogP contribution in [0.2, 0.25) is 0 Å². The molecule has 0 bridgehead atoms. The number of sulfonamides is 1. The summed E-state index contributed by atoms with van der Waals surface area (Å²) in [6.45, 7) is 1.59. The van der Waals surface area contributed by atoms with E-state index in [1.165, 1.54) is 12.3 Å². The third-order valence-corrected chi connectivity index (χ3v) is 4.36. The lowest BCUT2D eigenvalue weighted by Crippen LogP contribution is -2.28. The van der Waals surface area contributed by atoms with Crippen LogP contribution in [0.3, 0.4) is 0 Å². The van der Waals surface area contributed by atoms with E-state index in [0.29, 0.717) is 5.82 Å². The second-order valence-corrected chi connectivity index (χ2v) is 5.98. The Bertz CT molecular complexity index is 757. The maximum absolute atomic E-state index is 12.3. The molecule has 10 heteroatoms. The Morgan fingerprint density at radius 3 is 2.76 bits per heavy atom. The first kappa shape index (κ1) is 14.9. The number of rotatable bonds is 5. The number of non-ortho nitro benzene ring substituents is 1. The van der Waals surface area contributed by atoms with Gasteiger partial charge in [-0.25, -0.2) is 18.1 Å². The number of imidazole rings is 1. The topological polar surface area (TPSA) is 144 Å². The molecule has 2 rings (SSSR count). The molecule has 1 unspecified atom stereocenters. The van der Waals surface area contributed by atoms with Gasteiger partial charge in [0.1, 0.15) is 10.7 Å². The maximum Gasteiger partial charge on any atom is 0.270 e. The zero-order chi connectivity index (χ0) is 15.6. The minimum Gasteiger partial charge on any atom is -0.398 e. The van der Waals surface area contributed by atoms with Gasteiger partial charge in [0.05, 0.1) is 16.7 Å². The van der Waals surface area contributed by atoms with E-state index in [-0.39, 0.29) is 16.3 Å².